The first-order valence-electron chi connectivity index (χ1n) is 4.91. The standard InChI is InChI=1S/C10H11BF3O.K/c12-11(13,14)10-7-15-6-9(10)8-4-2-1-3-5-8;/h1-5,9-10H,6-7H2;/q-1;+1/t9-,10-;/m1./s1. The van der Waals surface area contributed by atoms with Gasteiger partial charge in [-0.1, -0.05) is 30.3 Å². The van der Waals surface area contributed by atoms with Crippen LogP contribution in [0, 0.1) is 0 Å². The molecule has 0 saturated carbocycles. The third-order valence-electron chi connectivity index (χ3n) is 2.84. The average molecular weight is 254 g/mol. The quantitative estimate of drug-likeness (QED) is 0.676. The van der Waals surface area contributed by atoms with Crippen molar-refractivity contribution in [3.63, 3.8) is 0 Å². The van der Waals surface area contributed by atoms with Crippen LogP contribution in [0.1, 0.15) is 11.5 Å². The normalized spacial score (nSPS) is 25.2. The molecule has 0 aromatic heterocycles. The van der Waals surface area contributed by atoms with E-state index in [0.29, 0.717) is 0 Å². The van der Waals surface area contributed by atoms with Crippen molar-refractivity contribution in [2.75, 3.05) is 13.2 Å². The van der Waals surface area contributed by atoms with Crippen LogP contribution < -0.4 is 51.4 Å². The van der Waals surface area contributed by atoms with Crippen molar-refractivity contribution in [2.24, 2.45) is 0 Å². The van der Waals surface area contributed by atoms with E-state index in [1.54, 1.807) is 30.3 Å². The Morgan fingerprint density at radius 1 is 1.06 bits per heavy atom. The monoisotopic (exact) mass is 254 g/mol. The first-order chi connectivity index (χ1) is 7.09. The SMILES string of the molecule is F[B-](F)(F)[C@@H]1COC[C@@H]1c1ccccc1.[K+]. The fourth-order valence-electron chi connectivity index (χ4n) is 1.99. The predicted molar refractivity (Wildman–Crippen MR) is 52.8 cm³/mol. The number of hydrogen-bond donors (Lipinski definition) is 0. The molecule has 1 fully saturated rings. The summed E-state index contributed by atoms with van der Waals surface area (Å²) >= 11 is 0. The molecule has 1 aliphatic rings. The molecular formula is C10H11BF3KO. The summed E-state index contributed by atoms with van der Waals surface area (Å²) in [6, 6.07) is 8.78. The Balaban J connectivity index is 0.00000128. The predicted octanol–water partition coefficient (Wildman–Crippen LogP) is 0.0220. The molecule has 1 nitrogen and oxygen atoms in total. The molecule has 0 unspecified atom stereocenters. The number of hydrogen-bond acceptors (Lipinski definition) is 1. The summed E-state index contributed by atoms with van der Waals surface area (Å²) in [7, 11) is 0. The van der Waals surface area contributed by atoms with E-state index in [-0.39, 0.29) is 64.6 Å². The van der Waals surface area contributed by atoms with Crippen LogP contribution in [0.3, 0.4) is 0 Å². The summed E-state index contributed by atoms with van der Waals surface area (Å²) < 4.78 is 43.0. The maximum atomic E-state index is 12.7. The zero-order chi connectivity index (χ0) is 10.9. The van der Waals surface area contributed by atoms with Crippen LogP contribution in [0.25, 0.3) is 0 Å². The van der Waals surface area contributed by atoms with E-state index in [2.05, 4.69) is 0 Å². The zero-order valence-corrected chi connectivity index (χ0v) is 12.2. The molecule has 2 atom stereocenters. The summed E-state index contributed by atoms with van der Waals surface area (Å²) in [6.45, 7) is -4.83. The van der Waals surface area contributed by atoms with Gasteiger partial charge in [0, 0.05) is 6.61 Å². The molecule has 0 bridgehead atoms. The summed E-state index contributed by atoms with van der Waals surface area (Å²) in [5.41, 5.74) is 0.721. The molecule has 1 aromatic carbocycles. The van der Waals surface area contributed by atoms with E-state index in [1.807, 2.05) is 0 Å². The van der Waals surface area contributed by atoms with Gasteiger partial charge in [-0.3, -0.25) is 0 Å². The second kappa shape index (κ2) is 6.02. The Bertz CT molecular complexity index is 331. The third-order valence-corrected chi connectivity index (χ3v) is 2.84. The molecule has 0 N–H and O–H groups in total. The first-order valence-corrected chi connectivity index (χ1v) is 4.91. The van der Waals surface area contributed by atoms with Crippen molar-refractivity contribution in [1.29, 1.82) is 0 Å². The van der Waals surface area contributed by atoms with Gasteiger partial charge < -0.3 is 17.7 Å². The molecule has 1 aliphatic heterocycles. The maximum absolute atomic E-state index is 12.7. The second-order valence-electron chi connectivity index (χ2n) is 3.84. The summed E-state index contributed by atoms with van der Waals surface area (Å²) in [6.07, 6.45) is 0. The van der Waals surface area contributed by atoms with Gasteiger partial charge in [-0.15, -0.1) is 0 Å². The molecule has 6 heteroatoms. The van der Waals surface area contributed by atoms with Crippen LogP contribution in [0.2, 0.25) is 5.82 Å². The minimum absolute atomic E-state index is 0. The van der Waals surface area contributed by atoms with Crippen molar-refractivity contribution in [3.05, 3.63) is 35.9 Å². The minimum atomic E-state index is -4.81. The van der Waals surface area contributed by atoms with Gasteiger partial charge in [0.1, 0.15) is 0 Å². The molecule has 0 radical (unpaired) electrons. The van der Waals surface area contributed by atoms with Crippen LogP contribution in [0.4, 0.5) is 12.9 Å². The van der Waals surface area contributed by atoms with Gasteiger partial charge in [0.15, 0.2) is 0 Å². The van der Waals surface area contributed by atoms with Gasteiger partial charge in [0.05, 0.1) is 6.61 Å². The first kappa shape index (κ1) is 14.7. The van der Waals surface area contributed by atoms with E-state index >= 15 is 0 Å². The topological polar surface area (TPSA) is 9.23 Å². The number of ether oxygens (including phenoxy) is 1. The average Bonchev–Trinajstić information content (AvgIpc) is 2.67. The fraction of sp³-hybridized carbons (Fsp3) is 0.400. The molecular weight excluding hydrogens is 243 g/mol. The van der Waals surface area contributed by atoms with Crippen LogP contribution in [0.15, 0.2) is 30.3 Å². The van der Waals surface area contributed by atoms with Crippen molar-refractivity contribution in [2.45, 2.75) is 11.7 Å². The van der Waals surface area contributed by atoms with Crippen LogP contribution in [0.5, 0.6) is 0 Å². The molecule has 16 heavy (non-hydrogen) atoms. The summed E-state index contributed by atoms with van der Waals surface area (Å²) in [5, 5.41) is 0. The molecule has 0 amide bonds. The van der Waals surface area contributed by atoms with Crippen molar-refractivity contribution < 1.29 is 69.1 Å². The van der Waals surface area contributed by atoms with Gasteiger partial charge in [0.25, 0.3) is 0 Å². The van der Waals surface area contributed by atoms with Crippen molar-refractivity contribution >= 4 is 6.98 Å². The minimum Gasteiger partial charge on any atom is -0.449 e. The van der Waals surface area contributed by atoms with E-state index in [0.717, 1.165) is 5.56 Å². The molecule has 0 aliphatic carbocycles. The Labute approximate surface area is 135 Å². The van der Waals surface area contributed by atoms with Crippen LogP contribution in [-0.2, 0) is 4.74 Å². The van der Waals surface area contributed by atoms with E-state index in [1.165, 1.54) is 0 Å². The number of benzene rings is 1. The van der Waals surface area contributed by atoms with Crippen LogP contribution in [-0.4, -0.2) is 20.2 Å². The largest absolute Gasteiger partial charge is 1.00 e. The zero-order valence-electron chi connectivity index (χ0n) is 9.08. The van der Waals surface area contributed by atoms with Gasteiger partial charge in [-0.2, -0.15) is 0 Å². The van der Waals surface area contributed by atoms with Gasteiger partial charge in [-0.05, 0) is 17.3 Å². The van der Waals surface area contributed by atoms with Crippen molar-refractivity contribution in [1.82, 2.24) is 0 Å². The molecule has 2 rings (SSSR count). The summed E-state index contributed by atoms with van der Waals surface area (Å²) in [4.78, 5) is 0. The van der Waals surface area contributed by atoms with Gasteiger partial charge in [0.2, 0.25) is 0 Å². The Morgan fingerprint density at radius 3 is 2.25 bits per heavy atom. The summed E-state index contributed by atoms with van der Waals surface area (Å²) in [5.74, 6) is -1.82. The molecule has 1 aromatic rings. The van der Waals surface area contributed by atoms with E-state index < -0.39 is 18.7 Å². The Hall–Kier alpha value is 0.671. The van der Waals surface area contributed by atoms with E-state index in [9.17, 15) is 12.9 Å². The number of rotatable bonds is 2. The molecule has 1 heterocycles. The smallest absolute Gasteiger partial charge is 0.449 e. The molecule has 82 valence electrons. The Kier molecular flexibility index (Phi) is 5.54. The fourth-order valence-corrected chi connectivity index (χ4v) is 1.99. The number of halogens is 3. The third kappa shape index (κ3) is 3.34. The molecule has 1 saturated heterocycles. The maximum Gasteiger partial charge on any atom is 1.00 e. The van der Waals surface area contributed by atoms with E-state index in [4.69, 9.17) is 4.74 Å². The second-order valence-corrected chi connectivity index (χ2v) is 3.84. The van der Waals surface area contributed by atoms with Crippen molar-refractivity contribution in [3.8, 4) is 0 Å². The van der Waals surface area contributed by atoms with Gasteiger partial charge >= 0.3 is 58.4 Å². The van der Waals surface area contributed by atoms with Crippen LogP contribution >= 0.6 is 0 Å². The Morgan fingerprint density at radius 2 is 1.69 bits per heavy atom. The molecule has 0 spiro atoms. The van der Waals surface area contributed by atoms with Gasteiger partial charge in [-0.25, -0.2) is 0 Å².